The second kappa shape index (κ2) is 4.06. The van der Waals surface area contributed by atoms with Crippen molar-refractivity contribution >= 4 is 12.6 Å². The van der Waals surface area contributed by atoms with Crippen molar-refractivity contribution in [3.8, 4) is 0 Å². The van der Waals surface area contributed by atoms with E-state index in [-0.39, 0.29) is 5.92 Å². The zero-order valence-electron chi connectivity index (χ0n) is 6.09. The monoisotopic (exact) mass is 128 g/mol. The summed E-state index contributed by atoms with van der Waals surface area (Å²) in [4.78, 5) is 8.55. The van der Waals surface area contributed by atoms with Crippen LogP contribution in [-0.4, -0.2) is 19.7 Å². The Morgan fingerprint density at radius 3 is 2.22 bits per heavy atom. The summed E-state index contributed by atoms with van der Waals surface area (Å²) in [7, 11) is 1.67. The summed E-state index contributed by atoms with van der Waals surface area (Å²) < 4.78 is 0. The minimum Gasteiger partial charge on any atom is -0.342 e. The van der Waals surface area contributed by atoms with Crippen LogP contribution in [0.5, 0.6) is 0 Å². The van der Waals surface area contributed by atoms with Gasteiger partial charge in [-0.3, -0.25) is 4.99 Å². The summed E-state index contributed by atoms with van der Waals surface area (Å²) in [6, 6.07) is 0. The van der Waals surface area contributed by atoms with Gasteiger partial charge in [-0.2, -0.15) is 0 Å². The minimum absolute atomic E-state index is 0.278. The van der Waals surface area contributed by atoms with Crippen LogP contribution in [-0.2, 0) is 4.84 Å². The first kappa shape index (κ1) is 8.14. The Bertz CT molecular complexity index is 118. The van der Waals surface area contributed by atoms with Crippen LogP contribution in [0.1, 0.15) is 13.8 Å². The summed E-state index contributed by atoms with van der Waals surface area (Å²) in [5.41, 5.74) is 0. The minimum atomic E-state index is 0.278. The molecular weight excluding hydrogens is 116 g/mol. The highest BCUT2D eigenvalue weighted by Gasteiger charge is 2.03. The third kappa shape index (κ3) is 2.85. The van der Waals surface area contributed by atoms with E-state index in [0.717, 1.165) is 0 Å². The van der Waals surface area contributed by atoms with Crippen molar-refractivity contribution in [2.24, 2.45) is 16.1 Å². The highest BCUT2D eigenvalue weighted by Crippen LogP contribution is 1.97. The molecule has 0 saturated carbocycles. The predicted molar refractivity (Wildman–Crippen MR) is 38.8 cm³/mol. The summed E-state index contributed by atoms with van der Waals surface area (Å²) >= 11 is 0. The molecule has 0 aromatic heterocycles. The van der Waals surface area contributed by atoms with E-state index in [1.807, 2.05) is 13.8 Å². The lowest BCUT2D eigenvalue weighted by Gasteiger charge is -2.03. The van der Waals surface area contributed by atoms with Crippen LogP contribution in [0, 0.1) is 5.92 Å². The van der Waals surface area contributed by atoms with Gasteiger partial charge in [0.15, 0.2) is 0 Å². The van der Waals surface area contributed by atoms with Gasteiger partial charge in [0.1, 0.15) is 0 Å². The van der Waals surface area contributed by atoms with Gasteiger partial charge in [-0.05, 0) is 0 Å². The molecule has 0 heterocycles. The third-order valence-corrected chi connectivity index (χ3v) is 0.872. The Morgan fingerprint density at radius 2 is 2.11 bits per heavy atom. The van der Waals surface area contributed by atoms with E-state index in [4.69, 9.17) is 4.84 Å². The fraction of sp³-hybridized carbons (Fsp3) is 0.667. The fourth-order valence-electron chi connectivity index (χ4n) is 0.471. The largest absolute Gasteiger partial charge is 0.342 e. The van der Waals surface area contributed by atoms with E-state index in [0.29, 0.717) is 5.90 Å². The molecule has 0 amide bonds. The molecular formula is C6H12N2O. The van der Waals surface area contributed by atoms with Gasteiger partial charge in [-0.15, -0.1) is 0 Å². The molecule has 0 unspecified atom stereocenters. The molecule has 0 N–H and O–H groups in total. The number of hydrogen-bond donors (Lipinski definition) is 0. The van der Waals surface area contributed by atoms with Crippen molar-refractivity contribution in [3.05, 3.63) is 0 Å². The van der Waals surface area contributed by atoms with Crippen molar-refractivity contribution in [1.82, 2.24) is 0 Å². The molecule has 0 atom stereocenters. The molecule has 52 valence electrons. The van der Waals surface area contributed by atoms with Gasteiger partial charge < -0.3 is 4.84 Å². The lowest BCUT2D eigenvalue weighted by atomic mass is 10.2. The maximum Gasteiger partial charge on any atom is 0.222 e. The second-order valence-corrected chi connectivity index (χ2v) is 1.94. The quantitative estimate of drug-likeness (QED) is 0.313. The molecule has 0 fully saturated rings. The zero-order valence-corrected chi connectivity index (χ0v) is 6.09. The number of nitrogens with zero attached hydrogens (tertiary/aromatic N) is 2. The zero-order chi connectivity index (χ0) is 7.28. The molecule has 0 aliphatic heterocycles. The molecule has 3 nitrogen and oxygen atoms in total. The maximum absolute atomic E-state index is 4.72. The normalized spacial score (nSPS) is 11.8. The third-order valence-electron chi connectivity index (χ3n) is 0.872. The first-order valence-corrected chi connectivity index (χ1v) is 2.82. The van der Waals surface area contributed by atoms with Crippen molar-refractivity contribution in [2.75, 3.05) is 7.05 Å². The summed E-state index contributed by atoms with van der Waals surface area (Å²) in [6.45, 7) is 7.14. The van der Waals surface area contributed by atoms with E-state index in [9.17, 15) is 0 Å². The van der Waals surface area contributed by atoms with Crippen molar-refractivity contribution in [1.29, 1.82) is 0 Å². The highest BCUT2D eigenvalue weighted by molar-refractivity contribution is 5.77. The second-order valence-electron chi connectivity index (χ2n) is 1.94. The van der Waals surface area contributed by atoms with Crippen LogP contribution in [0.15, 0.2) is 10.1 Å². The highest BCUT2D eigenvalue weighted by atomic mass is 16.6. The van der Waals surface area contributed by atoms with Crippen LogP contribution in [0.25, 0.3) is 0 Å². The Kier molecular flexibility index (Phi) is 3.67. The first-order chi connectivity index (χ1) is 4.22. The fourth-order valence-corrected chi connectivity index (χ4v) is 0.471. The topological polar surface area (TPSA) is 34.0 Å². The lowest BCUT2D eigenvalue weighted by molar-refractivity contribution is 0.309. The van der Waals surface area contributed by atoms with E-state index in [1.54, 1.807) is 7.05 Å². The molecule has 0 saturated heterocycles. The standard InChI is InChI=1S/C6H12N2O/c1-5(2)6(7-3)9-8-4/h5H,4H2,1-3H3/b7-6-. The van der Waals surface area contributed by atoms with Crippen LogP contribution >= 0.6 is 0 Å². The van der Waals surface area contributed by atoms with Crippen LogP contribution < -0.4 is 0 Å². The summed E-state index contributed by atoms with van der Waals surface area (Å²) in [5, 5.41) is 3.25. The number of oxime groups is 1. The SMILES string of the molecule is C=NO/C(=N\C)C(C)C. The molecule has 0 aromatic rings. The van der Waals surface area contributed by atoms with Crippen molar-refractivity contribution in [2.45, 2.75) is 13.8 Å². The molecule has 0 spiro atoms. The molecule has 0 rings (SSSR count). The van der Waals surface area contributed by atoms with Gasteiger partial charge in [0.05, 0.1) is 0 Å². The predicted octanol–water partition coefficient (Wildman–Crippen LogP) is 1.30. The van der Waals surface area contributed by atoms with Crippen LogP contribution in [0.4, 0.5) is 0 Å². The van der Waals surface area contributed by atoms with Gasteiger partial charge in [-0.1, -0.05) is 19.0 Å². The lowest BCUT2D eigenvalue weighted by Crippen LogP contribution is -2.08. The van der Waals surface area contributed by atoms with Gasteiger partial charge in [0.25, 0.3) is 0 Å². The van der Waals surface area contributed by atoms with E-state index in [2.05, 4.69) is 16.9 Å². The van der Waals surface area contributed by atoms with E-state index < -0.39 is 0 Å². The molecule has 0 radical (unpaired) electrons. The Hall–Kier alpha value is -0.860. The molecule has 0 aliphatic rings. The molecule has 0 aromatic carbocycles. The van der Waals surface area contributed by atoms with Gasteiger partial charge in [0, 0.05) is 19.7 Å². The Morgan fingerprint density at radius 1 is 1.56 bits per heavy atom. The molecule has 3 heteroatoms. The van der Waals surface area contributed by atoms with Gasteiger partial charge in [-0.25, -0.2) is 0 Å². The van der Waals surface area contributed by atoms with E-state index >= 15 is 0 Å². The van der Waals surface area contributed by atoms with Crippen LogP contribution in [0.3, 0.4) is 0 Å². The average molecular weight is 128 g/mol. The smallest absolute Gasteiger partial charge is 0.222 e. The average Bonchev–Trinajstić information content (AvgIpc) is 1.82. The Balaban J connectivity index is 3.84. The molecule has 0 bridgehead atoms. The van der Waals surface area contributed by atoms with Gasteiger partial charge in [0.2, 0.25) is 5.90 Å². The van der Waals surface area contributed by atoms with Crippen molar-refractivity contribution in [3.63, 3.8) is 0 Å². The van der Waals surface area contributed by atoms with Crippen LogP contribution in [0.2, 0.25) is 0 Å². The summed E-state index contributed by atoms with van der Waals surface area (Å²) in [5.74, 6) is 0.894. The van der Waals surface area contributed by atoms with E-state index in [1.165, 1.54) is 0 Å². The number of aliphatic imine (C=N–C) groups is 1. The maximum atomic E-state index is 4.72. The summed E-state index contributed by atoms with van der Waals surface area (Å²) in [6.07, 6.45) is 0. The van der Waals surface area contributed by atoms with Crippen molar-refractivity contribution < 1.29 is 4.84 Å². The number of rotatable bonds is 2. The molecule has 9 heavy (non-hydrogen) atoms. The van der Waals surface area contributed by atoms with Gasteiger partial charge >= 0.3 is 0 Å². The first-order valence-electron chi connectivity index (χ1n) is 2.82. The molecule has 0 aliphatic carbocycles. The Labute approximate surface area is 55.4 Å². The number of hydrogen-bond acceptors (Lipinski definition) is 3.